The molecule has 0 aliphatic carbocycles. The summed E-state index contributed by atoms with van der Waals surface area (Å²) in [5.74, 6) is 0.469. The van der Waals surface area contributed by atoms with Gasteiger partial charge in [-0.15, -0.1) is 0 Å². The van der Waals surface area contributed by atoms with E-state index in [4.69, 9.17) is 4.74 Å². The number of fused-ring (bicyclic) bond motifs is 1. The van der Waals surface area contributed by atoms with E-state index >= 15 is 0 Å². The Bertz CT molecular complexity index is 872. The maximum atomic E-state index is 12.8. The van der Waals surface area contributed by atoms with E-state index < -0.39 is 0 Å². The molecule has 1 N–H and O–H groups in total. The molecule has 4 rings (SSSR count). The van der Waals surface area contributed by atoms with Crippen molar-refractivity contribution in [1.29, 1.82) is 0 Å². The summed E-state index contributed by atoms with van der Waals surface area (Å²) in [5.41, 5.74) is 2.20. The molecule has 3 aromatic heterocycles. The van der Waals surface area contributed by atoms with Crippen LogP contribution < -0.4 is 4.74 Å². The molecule has 25 heavy (non-hydrogen) atoms. The van der Waals surface area contributed by atoms with Crippen molar-refractivity contribution in [3.63, 3.8) is 0 Å². The van der Waals surface area contributed by atoms with E-state index in [2.05, 4.69) is 20.1 Å². The predicted molar refractivity (Wildman–Crippen MR) is 89.1 cm³/mol. The number of aryl methyl sites for hydroxylation is 1. The Morgan fingerprint density at radius 3 is 3.00 bits per heavy atom. The molecule has 0 aromatic carbocycles. The second-order valence-corrected chi connectivity index (χ2v) is 5.96. The molecule has 0 spiro atoms. The second kappa shape index (κ2) is 6.39. The SMILES string of the molecule is Cc1[nH]cnc1C(=O)N1Cc2ccnn2[C@H](COc2ccccn2)C1. The Labute approximate surface area is 144 Å². The topological polar surface area (TPSA) is 88.9 Å². The van der Waals surface area contributed by atoms with Gasteiger partial charge < -0.3 is 14.6 Å². The number of imidazole rings is 1. The number of carbonyl (C=O) groups excluding carboxylic acids is 1. The lowest BCUT2D eigenvalue weighted by atomic mass is 10.1. The number of amides is 1. The first kappa shape index (κ1) is 15.4. The van der Waals surface area contributed by atoms with Crippen molar-refractivity contribution in [2.45, 2.75) is 19.5 Å². The first-order valence-corrected chi connectivity index (χ1v) is 8.08. The summed E-state index contributed by atoms with van der Waals surface area (Å²) in [6.45, 7) is 3.24. The number of ether oxygens (including phenoxy) is 1. The zero-order chi connectivity index (χ0) is 17.2. The van der Waals surface area contributed by atoms with Crippen LogP contribution in [0.5, 0.6) is 5.88 Å². The largest absolute Gasteiger partial charge is 0.475 e. The second-order valence-electron chi connectivity index (χ2n) is 5.96. The zero-order valence-corrected chi connectivity index (χ0v) is 13.8. The Morgan fingerprint density at radius 1 is 1.32 bits per heavy atom. The highest BCUT2D eigenvalue weighted by molar-refractivity contribution is 5.93. The first-order valence-electron chi connectivity index (χ1n) is 8.08. The smallest absolute Gasteiger partial charge is 0.274 e. The van der Waals surface area contributed by atoms with E-state index in [-0.39, 0.29) is 11.9 Å². The van der Waals surface area contributed by atoms with Gasteiger partial charge in [-0.25, -0.2) is 9.97 Å². The highest BCUT2D eigenvalue weighted by atomic mass is 16.5. The maximum Gasteiger partial charge on any atom is 0.274 e. The number of nitrogens with one attached hydrogen (secondary N) is 1. The third-order valence-electron chi connectivity index (χ3n) is 4.26. The molecule has 3 aromatic rings. The fraction of sp³-hybridized carbons (Fsp3) is 0.294. The van der Waals surface area contributed by atoms with E-state index in [9.17, 15) is 4.79 Å². The van der Waals surface area contributed by atoms with Gasteiger partial charge in [-0.05, 0) is 19.1 Å². The van der Waals surface area contributed by atoms with Crippen molar-refractivity contribution in [2.75, 3.05) is 13.2 Å². The maximum absolute atomic E-state index is 12.8. The monoisotopic (exact) mass is 338 g/mol. The summed E-state index contributed by atoms with van der Waals surface area (Å²) < 4.78 is 7.70. The Morgan fingerprint density at radius 2 is 2.24 bits per heavy atom. The zero-order valence-electron chi connectivity index (χ0n) is 13.8. The lowest BCUT2D eigenvalue weighted by Crippen LogP contribution is -2.43. The number of H-pyrrole nitrogens is 1. The highest BCUT2D eigenvalue weighted by Crippen LogP contribution is 2.23. The van der Waals surface area contributed by atoms with Crippen LogP contribution >= 0.6 is 0 Å². The molecule has 1 amide bonds. The van der Waals surface area contributed by atoms with Gasteiger partial charge >= 0.3 is 0 Å². The van der Waals surface area contributed by atoms with Crippen molar-refractivity contribution in [3.8, 4) is 5.88 Å². The molecule has 8 heteroatoms. The van der Waals surface area contributed by atoms with Gasteiger partial charge in [-0.2, -0.15) is 5.10 Å². The van der Waals surface area contributed by atoms with Crippen molar-refractivity contribution in [3.05, 3.63) is 60.1 Å². The molecule has 0 saturated heterocycles. The summed E-state index contributed by atoms with van der Waals surface area (Å²) in [6, 6.07) is 7.36. The van der Waals surface area contributed by atoms with Crippen molar-refractivity contribution < 1.29 is 9.53 Å². The fourth-order valence-corrected chi connectivity index (χ4v) is 3.00. The van der Waals surface area contributed by atoms with Gasteiger partial charge in [-0.3, -0.25) is 9.48 Å². The van der Waals surface area contributed by atoms with Crippen LogP contribution in [-0.4, -0.2) is 48.7 Å². The average Bonchev–Trinajstić information content (AvgIpc) is 3.28. The molecule has 4 heterocycles. The third kappa shape index (κ3) is 2.98. The molecule has 1 aliphatic rings. The fourth-order valence-electron chi connectivity index (χ4n) is 3.00. The van der Waals surface area contributed by atoms with Gasteiger partial charge in [0, 0.05) is 30.7 Å². The van der Waals surface area contributed by atoms with Crippen molar-refractivity contribution in [2.24, 2.45) is 0 Å². The third-order valence-corrected chi connectivity index (χ3v) is 4.26. The van der Waals surface area contributed by atoms with E-state index in [0.29, 0.717) is 31.3 Å². The van der Waals surface area contributed by atoms with Crippen LogP contribution in [0.25, 0.3) is 0 Å². The molecule has 1 atom stereocenters. The van der Waals surface area contributed by atoms with Crippen LogP contribution in [0.2, 0.25) is 0 Å². The first-order chi connectivity index (χ1) is 12.2. The molecule has 0 radical (unpaired) electrons. The summed E-state index contributed by atoms with van der Waals surface area (Å²) in [5, 5.41) is 4.38. The lowest BCUT2D eigenvalue weighted by molar-refractivity contribution is 0.0625. The minimum absolute atomic E-state index is 0.0797. The molecule has 0 bridgehead atoms. The molecule has 128 valence electrons. The number of aromatic amines is 1. The van der Waals surface area contributed by atoms with Gasteiger partial charge in [-0.1, -0.05) is 6.07 Å². The minimum Gasteiger partial charge on any atom is -0.475 e. The van der Waals surface area contributed by atoms with E-state index in [1.807, 2.05) is 35.9 Å². The van der Waals surface area contributed by atoms with Crippen LogP contribution in [-0.2, 0) is 6.54 Å². The van der Waals surface area contributed by atoms with Gasteiger partial charge in [0.2, 0.25) is 5.88 Å². The standard InChI is InChI=1S/C17H18N6O2/c1-12-16(20-11-19-12)17(24)22-8-13-5-7-21-23(13)14(9-22)10-25-15-4-2-3-6-18-15/h2-7,11,14H,8-10H2,1H3,(H,19,20)/t14-/m0/s1. The van der Waals surface area contributed by atoms with E-state index in [0.717, 1.165) is 11.4 Å². The normalized spacial score (nSPS) is 16.5. The molecular weight excluding hydrogens is 320 g/mol. The molecular formula is C17H18N6O2. The van der Waals surface area contributed by atoms with Gasteiger partial charge in [0.25, 0.3) is 5.91 Å². The number of nitrogens with zero attached hydrogens (tertiary/aromatic N) is 5. The van der Waals surface area contributed by atoms with Crippen LogP contribution in [0.3, 0.4) is 0 Å². The molecule has 0 saturated carbocycles. The molecule has 0 unspecified atom stereocenters. The number of rotatable bonds is 4. The van der Waals surface area contributed by atoms with Crippen molar-refractivity contribution in [1.82, 2.24) is 29.6 Å². The van der Waals surface area contributed by atoms with Crippen LogP contribution in [0.1, 0.15) is 27.9 Å². The number of aromatic nitrogens is 5. The van der Waals surface area contributed by atoms with Crippen LogP contribution in [0.15, 0.2) is 43.0 Å². The summed E-state index contributed by atoms with van der Waals surface area (Å²) >= 11 is 0. The summed E-state index contributed by atoms with van der Waals surface area (Å²) in [6.07, 6.45) is 4.97. The number of pyridine rings is 1. The summed E-state index contributed by atoms with van der Waals surface area (Å²) in [7, 11) is 0. The number of hydrogen-bond acceptors (Lipinski definition) is 5. The molecule has 8 nitrogen and oxygen atoms in total. The van der Waals surface area contributed by atoms with Crippen LogP contribution in [0.4, 0.5) is 0 Å². The Balaban J connectivity index is 1.53. The van der Waals surface area contributed by atoms with E-state index in [1.165, 1.54) is 0 Å². The lowest BCUT2D eigenvalue weighted by Gasteiger charge is -2.33. The average molecular weight is 338 g/mol. The van der Waals surface area contributed by atoms with Gasteiger partial charge in [0.15, 0.2) is 0 Å². The van der Waals surface area contributed by atoms with Crippen molar-refractivity contribution >= 4 is 5.91 Å². The van der Waals surface area contributed by atoms with Gasteiger partial charge in [0.1, 0.15) is 18.3 Å². The Hall–Kier alpha value is -3.16. The predicted octanol–water partition coefficient (Wildman–Crippen LogP) is 1.59. The quantitative estimate of drug-likeness (QED) is 0.780. The molecule has 1 aliphatic heterocycles. The number of hydrogen-bond donors (Lipinski definition) is 1. The number of carbonyl (C=O) groups is 1. The van der Waals surface area contributed by atoms with E-state index in [1.54, 1.807) is 23.6 Å². The molecule has 0 fully saturated rings. The van der Waals surface area contributed by atoms with Crippen LogP contribution in [0, 0.1) is 6.92 Å². The highest BCUT2D eigenvalue weighted by Gasteiger charge is 2.31. The minimum atomic E-state index is -0.0889. The summed E-state index contributed by atoms with van der Waals surface area (Å²) in [4.78, 5) is 25.8. The van der Waals surface area contributed by atoms with Gasteiger partial charge in [0.05, 0.1) is 18.6 Å². The Kier molecular flexibility index (Phi) is 3.93.